The lowest BCUT2D eigenvalue weighted by Gasteiger charge is -2.01. The van der Waals surface area contributed by atoms with Crippen LogP contribution in [0.3, 0.4) is 0 Å². The van der Waals surface area contributed by atoms with Crippen LogP contribution in [0, 0.1) is 0 Å². The number of hydrogen-bond acceptors (Lipinski definition) is 4. The van der Waals surface area contributed by atoms with E-state index >= 15 is 0 Å². The molecule has 0 spiro atoms. The van der Waals surface area contributed by atoms with Gasteiger partial charge in [-0.05, 0) is 56.1 Å². The molecule has 0 bridgehead atoms. The highest BCUT2D eigenvalue weighted by Gasteiger charge is 2.05. The fourth-order valence-corrected chi connectivity index (χ4v) is 2.00. The number of ether oxygens (including phenoxy) is 1. The summed E-state index contributed by atoms with van der Waals surface area (Å²) in [6.45, 7) is 0. The minimum Gasteiger partial charge on any atom is -0.497 e. The largest absolute Gasteiger partial charge is 0.497 e. The Kier molecular flexibility index (Phi) is 4.97. The van der Waals surface area contributed by atoms with Crippen molar-refractivity contribution in [3.05, 3.63) is 50.8 Å². The third-order valence-electron chi connectivity index (χ3n) is 2.37. The number of rotatable bonds is 4. The van der Waals surface area contributed by atoms with Gasteiger partial charge in [0.1, 0.15) is 11.5 Å². The summed E-state index contributed by atoms with van der Waals surface area (Å²) in [5.41, 5.74) is 2.90. The van der Waals surface area contributed by atoms with Gasteiger partial charge in [-0.3, -0.25) is 4.79 Å². The van der Waals surface area contributed by atoms with Crippen molar-refractivity contribution < 1.29 is 13.9 Å². The molecule has 0 atom stereocenters. The second-order valence-electron chi connectivity index (χ2n) is 3.70. The van der Waals surface area contributed by atoms with Crippen LogP contribution in [0.5, 0.6) is 5.75 Å². The van der Waals surface area contributed by atoms with Gasteiger partial charge >= 0.3 is 0 Å². The Hall–Kier alpha value is -1.60. The van der Waals surface area contributed by atoms with E-state index in [-0.39, 0.29) is 5.91 Å². The van der Waals surface area contributed by atoms with Gasteiger partial charge in [-0.25, -0.2) is 5.43 Å². The summed E-state index contributed by atoms with van der Waals surface area (Å²) in [5.74, 6) is 0.891. The van der Waals surface area contributed by atoms with Gasteiger partial charge in [0.05, 0.1) is 17.8 Å². The second-order valence-corrected chi connectivity index (χ2v) is 5.27. The maximum atomic E-state index is 11.8. The molecule has 1 heterocycles. The van der Waals surface area contributed by atoms with Gasteiger partial charge in [-0.1, -0.05) is 0 Å². The predicted octanol–water partition coefficient (Wildman–Crippen LogP) is 3.58. The zero-order valence-electron chi connectivity index (χ0n) is 10.4. The zero-order valence-corrected chi connectivity index (χ0v) is 13.6. The highest BCUT2D eigenvalue weighted by atomic mass is 79.9. The first-order valence-electron chi connectivity index (χ1n) is 5.52. The third kappa shape index (κ3) is 3.71. The fraction of sp³-hybridized carbons (Fsp3) is 0.0769. The summed E-state index contributed by atoms with van der Waals surface area (Å²) in [5, 5.41) is 3.82. The monoisotopic (exact) mass is 400 g/mol. The van der Waals surface area contributed by atoms with Crippen LogP contribution in [0.2, 0.25) is 0 Å². The van der Waals surface area contributed by atoms with Crippen LogP contribution in [0.4, 0.5) is 0 Å². The molecule has 0 aliphatic rings. The van der Waals surface area contributed by atoms with Crippen molar-refractivity contribution >= 4 is 44.0 Å². The number of hydrazone groups is 1. The van der Waals surface area contributed by atoms with Crippen LogP contribution in [0.15, 0.2) is 49.0 Å². The first-order chi connectivity index (χ1) is 9.60. The number of carbonyl (C=O) groups is 1. The Bertz CT molecular complexity index is 616. The second kappa shape index (κ2) is 6.71. The van der Waals surface area contributed by atoms with Gasteiger partial charge in [-0.15, -0.1) is 0 Å². The molecule has 20 heavy (non-hydrogen) atoms. The molecule has 0 unspecified atom stereocenters. The number of methoxy groups -OCH3 is 1. The average Bonchev–Trinajstić information content (AvgIpc) is 2.77. The Morgan fingerprint density at radius 1 is 1.35 bits per heavy atom. The molecule has 1 aromatic carbocycles. The minimum atomic E-state index is -0.311. The number of nitrogens with zero attached hydrogens (tertiary/aromatic N) is 1. The smallest absolute Gasteiger partial charge is 0.271 e. The molecule has 0 saturated heterocycles. The number of nitrogens with one attached hydrogen (secondary N) is 1. The van der Waals surface area contributed by atoms with E-state index in [0.717, 1.165) is 4.47 Å². The lowest BCUT2D eigenvalue weighted by molar-refractivity contribution is 0.0955. The lowest BCUT2D eigenvalue weighted by Crippen LogP contribution is -2.17. The topological polar surface area (TPSA) is 63.8 Å². The summed E-state index contributed by atoms with van der Waals surface area (Å²) in [6, 6.07) is 8.46. The predicted molar refractivity (Wildman–Crippen MR) is 82.2 cm³/mol. The number of halogens is 2. The molecule has 0 aliphatic carbocycles. The summed E-state index contributed by atoms with van der Waals surface area (Å²) in [4.78, 5) is 11.8. The molecule has 1 aromatic heterocycles. The van der Waals surface area contributed by atoms with Crippen molar-refractivity contribution in [3.8, 4) is 5.75 Å². The Labute approximate surface area is 132 Å². The van der Waals surface area contributed by atoms with Crippen LogP contribution in [-0.4, -0.2) is 19.2 Å². The van der Waals surface area contributed by atoms with Crippen molar-refractivity contribution in [2.45, 2.75) is 0 Å². The molecular formula is C13H10Br2N2O3. The maximum Gasteiger partial charge on any atom is 0.271 e. The fourth-order valence-electron chi connectivity index (χ4n) is 1.39. The van der Waals surface area contributed by atoms with E-state index in [4.69, 9.17) is 9.15 Å². The van der Waals surface area contributed by atoms with E-state index in [1.807, 2.05) is 0 Å². The van der Waals surface area contributed by atoms with Crippen LogP contribution in [0.1, 0.15) is 16.1 Å². The normalized spacial score (nSPS) is 10.8. The molecule has 0 aliphatic heterocycles. The Morgan fingerprint density at radius 2 is 2.05 bits per heavy atom. The van der Waals surface area contributed by atoms with E-state index in [1.54, 1.807) is 37.4 Å². The van der Waals surface area contributed by atoms with Crippen molar-refractivity contribution in [2.75, 3.05) is 7.11 Å². The first kappa shape index (κ1) is 14.8. The molecule has 1 amide bonds. The molecule has 2 rings (SSSR count). The van der Waals surface area contributed by atoms with Crippen LogP contribution >= 0.6 is 31.9 Å². The highest BCUT2D eigenvalue weighted by molar-refractivity contribution is 9.13. The molecular weight excluding hydrogens is 392 g/mol. The molecule has 1 N–H and O–H groups in total. The summed E-state index contributed by atoms with van der Waals surface area (Å²) in [7, 11) is 1.57. The van der Waals surface area contributed by atoms with Gasteiger partial charge in [-0.2, -0.15) is 5.10 Å². The van der Waals surface area contributed by atoms with Crippen molar-refractivity contribution in [3.63, 3.8) is 0 Å². The quantitative estimate of drug-likeness (QED) is 0.629. The van der Waals surface area contributed by atoms with Crippen LogP contribution in [-0.2, 0) is 0 Å². The van der Waals surface area contributed by atoms with E-state index in [0.29, 0.717) is 21.7 Å². The van der Waals surface area contributed by atoms with E-state index in [9.17, 15) is 4.79 Å². The third-order valence-corrected chi connectivity index (χ3v) is 4.08. The lowest BCUT2D eigenvalue weighted by atomic mass is 10.2. The average molecular weight is 402 g/mol. The Morgan fingerprint density at radius 3 is 2.60 bits per heavy atom. The molecule has 5 nitrogen and oxygen atoms in total. The maximum absolute atomic E-state index is 11.8. The van der Waals surface area contributed by atoms with E-state index in [1.165, 1.54) is 6.21 Å². The number of hydrogen-bond donors (Lipinski definition) is 1. The standard InChI is InChI=1S/C13H10Br2N2O3/c1-19-9-4-2-8(3-5-9)13(18)17-16-7-10-6-11(14)12(15)20-10/h2-7H,1H3,(H,17,18)/b16-7-. The molecule has 0 fully saturated rings. The summed E-state index contributed by atoms with van der Waals surface area (Å²) < 4.78 is 11.7. The van der Waals surface area contributed by atoms with Crippen molar-refractivity contribution in [2.24, 2.45) is 5.10 Å². The molecule has 0 saturated carbocycles. The highest BCUT2D eigenvalue weighted by Crippen LogP contribution is 2.25. The van der Waals surface area contributed by atoms with Gasteiger partial charge in [0, 0.05) is 11.6 Å². The molecule has 7 heteroatoms. The Balaban J connectivity index is 1.97. The minimum absolute atomic E-state index is 0.311. The van der Waals surface area contributed by atoms with Gasteiger partial charge in [0.15, 0.2) is 4.67 Å². The number of furan rings is 1. The number of carbonyl (C=O) groups excluding carboxylic acids is 1. The number of benzene rings is 1. The number of amides is 1. The van der Waals surface area contributed by atoms with Crippen molar-refractivity contribution in [1.29, 1.82) is 0 Å². The van der Waals surface area contributed by atoms with E-state index in [2.05, 4.69) is 42.4 Å². The van der Waals surface area contributed by atoms with Gasteiger partial charge < -0.3 is 9.15 Å². The van der Waals surface area contributed by atoms with Gasteiger partial charge in [0.2, 0.25) is 0 Å². The summed E-state index contributed by atoms with van der Waals surface area (Å²) >= 11 is 6.50. The molecule has 0 radical (unpaired) electrons. The van der Waals surface area contributed by atoms with Crippen LogP contribution in [0.25, 0.3) is 0 Å². The molecule has 2 aromatic rings. The first-order valence-corrected chi connectivity index (χ1v) is 7.11. The van der Waals surface area contributed by atoms with Gasteiger partial charge in [0.25, 0.3) is 5.91 Å². The van der Waals surface area contributed by atoms with Crippen LogP contribution < -0.4 is 10.2 Å². The van der Waals surface area contributed by atoms with E-state index < -0.39 is 0 Å². The SMILES string of the molecule is COc1ccc(C(=O)N/N=C\c2cc(Br)c(Br)o2)cc1. The summed E-state index contributed by atoms with van der Waals surface area (Å²) in [6.07, 6.45) is 1.41. The zero-order chi connectivity index (χ0) is 14.5. The molecule has 104 valence electrons. The van der Waals surface area contributed by atoms with Crippen molar-refractivity contribution in [1.82, 2.24) is 5.43 Å².